The van der Waals surface area contributed by atoms with Gasteiger partial charge in [-0.25, -0.2) is 18.6 Å². The number of nitrogens with one attached hydrogen (secondary N) is 1. The van der Waals surface area contributed by atoms with Crippen molar-refractivity contribution in [1.82, 2.24) is 4.98 Å². The van der Waals surface area contributed by atoms with E-state index >= 15 is 0 Å². The molecule has 1 heterocycles. The van der Waals surface area contributed by atoms with Gasteiger partial charge in [-0.15, -0.1) is 0 Å². The predicted molar refractivity (Wildman–Crippen MR) is 84.8 cm³/mol. The average Bonchev–Trinajstić information content (AvgIpc) is 2.62. The minimum absolute atomic E-state index is 0.0196. The number of ether oxygens (including phenoxy) is 2. The average molecular weight is 347 g/mol. The molecule has 0 aliphatic heterocycles. The van der Waals surface area contributed by atoms with Gasteiger partial charge in [-0.2, -0.15) is 5.26 Å². The number of esters is 1. The van der Waals surface area contributed by atoms with E-state index in [0.29, 0.717) is 11.4 Å². The van der Waals surface area contributed by atoms with Gasteiger partial charge in [0.1, 0.15) is 24.2 Å². The lowest BCUT2D eigenvalue weighted by molar-refractivity contribution is -0.150. The first-order chi connectivity index (χ1) is 12.0. The van der Waals surface area contributed by atoms with E-state index in [4.69, 9.17) is 14.7 Å². The lowest BCUT2D eigenvalue weighted by Gasteiger charge is -2.14. The molecular formula is C17H15F2N3O3. The SMILES string of the molecule is CC(Oc1ccc(F)c(F)c1)C(=O)OCCNc1ncccc1C#N. The highest BCUT2D eigenvalue weighted by atomic mass is 19.2. The van der Waals surface area contributed by atoms with Crippen molar-refractivity contribution >= 4 is 11.8 Å². The van der Waals surface area contributed by atoms with Crippen molar-refractivity contribution in [2.24, 2.45) is 0 Å². The maximum absolute atomic E-state index is 13.1. The number of pyridine rings is 1. The van der Waals surface area contributed by atoms with Gasteiger partial charge in [0.05, 0.1) is 12.1 Å². The molecule has 0 aliphatic carbocycles. The second-order valence-electron chi connectivity index (χ2n) is 4.94. The Morgan fingerprint density at radius 3 is 2.88 bits per heavy atom. The molecule has 1 aromatic heterocycles. The fourth-order valence-electron chi connectivity index (χ4n) is 1.88. The summed E-state index contributed by atoms with van der Waals surface area (Å²) in [4.78, 5) is 15.8. The quantitative estimate of drug-likeness (QED) is 0.612. The summed E-state index contributed by atoms with van der Waals surface area (Å²) in [6.07, 6.45) is 0.543. The van der Waals surface area contributed by atoms with Gasteiger partial charge >= 0.3 is 5.97 Å². The predicted octanol–water partition coefficient (Wildman–Crippen LogP) is 2.65. The number of hydrogen-bond donors (Lipinski definition) is 1. The van der Waals surface area contributed by atoms with Gasteiger partial charge in [0.25, 0.3) is 0 Å². The van der Waals surface area contributed by atoms with Crippen LogP contribution in [0.1, 0.15) is 12.5 Å². The molecule has 1 unspecified atom stereocenters. The Morgan fingerprint density at radius 2 is 2.16 bits per heavy atom. The van der Waals surface area contributed by atoms with Crippen LogP contribution < -0.4 is 10.1 Å². The lowest BCUT2D eigenvalue weighted by atomic mass is 10.3. The largest absolute Gasteiger partial charge is 0.479 e. The summed E-state index contributed by atoms with van der Waals surface area (Å²) in [6, 6.07) is 8.22. The highest BCUT2D eigenvalue weighted by Crippen LogP contribution is 2.17. The summed E-state index contributed by atoms with van der Waals surface area (Å²) in [6.45, 7) is 1.70. The van der Waals surface area contributed by atoms with Crippen molar-refractivity contribution < 1.29 is 23.0 Å². The molecule has 25 heavy (non-hydrogen) atoms. The zero-order valence-corrected chi connectivity index (χ0v) is 13.3. The third kappa shape index (κ3) is 5.14. The third-order valence-corrected chi connectivity index (χ3v) is 3.10. The number of anilines is 1. The smallest absolute Gasteiger partial charge is 0.347 e. The number of aromatic nitrogens is 1. The molecule has 2 rings (SSSR count). The van der Waals surface area contributed by atoms with Crippen LogP contribution in [-0.4, -0.2) is 30.2 Å². The van der Waals surface area contributed by atoms with Crippen LogP contribution in [0.25, 0.3) is 0 Å². The molecule has 0 saturated carbocycles. The van der Waals surface area contributed by atoms with Crippen molar-refractivity contribution in [3.63, 3.8) is 0 Å². The Morgan fingerprint density at radius 1 is 1.36 bits per heavy atom. The van der Waals surface area contributed by atoms with Gasteiger partial charge in [-0.3, -0.25) is 0 Å². The van der Waals surface area contributed by atoms with Gasteiger partial charge in [0, 0.05) is 12.3 Å². The molecule has 130 valence electrons. The standard InChI is InChI=1S/C17H15F2N3O3/c1-11(25-13-4-5-14(18)15(19)9-13)17(23)24-8-7-22-16-12(10-20)3-2-6-21-16/h2-6,9,11H,7-8H2,1H3,(H,21,22). The molecule has 0 amide bonds. The van der Waals surface area contributed by atoms with Crippen LogP contribution in [0.4, 0.5) is 14.6 Å². The minimum atomic E-state index is -1.06. The van der Waals surface area contributed by atoms with E-state index in [9.17, 15) is 13.6 Å². The van der Waals surface area contributed by atoms with Crippen molar-refractivity contribution in [2.75, 3.05) is 18.5 Å². The highest BCUT2D eigenvalue weighted by molar-refractivity contribution is 5.74. The van der Waals surface area contributed by atoms with Crippen LogP contribution in [-0.2, 0) is 9.53 Å². The number of nitriles is 1. The molecule has 0 aliphatic rings. The summed E-state index contributed by atoms with van der Waals surface area (Å²) in [5.74, 6) is -2.31. The van der Waals surface area contributed by atoms with Gasteiger partial charge in [0.2, 0.25) is 0 Å². The van der Waals surface area contributed by atoms with Crippen LogP contribution in [0, 0.1) is 23.0 Å². The summed E-state index contributed by atoms with van der Waals surface area (Å²) >= 11 is 0. The second-order valence-corrected chi connectivity index (χ2v) is 4.94. The van der Waals surface area contributed by atoms with Gasteiger partial charge < -0.3 is 14.8 Å². The molecule has 1 aromatic carbocycles. The van der Waals surface area contributed by atoms with Crippen molar-refractivity contribution in [3.8, 4) is 11.8 Å². The number of rotatable bonds is 7. The van der Waals surface area contributed by atoms with E-state index in [1.165, 1.54) is 19.2 Å². The molecule has 0 spiro atoms. The van der Waals surface area contributed by atoms with Gasteiger partial charge in [-0.1, -0.05) is 0 Å². The summed E-state index contributed by atoms with van der Waals surface area (Å²) < 4.78 is 36.2. The topological polar surface area (TPSA) is 84.2 Å². The van der Waals surface area contributed by atoms with E-state index in [2.05, 4.69) is 10.3 Å². The fourth-order valence-corrected chi connectivity index (χ4v) is 1.88. The monoisotopic (exact) mass is 347 g/mol. The Kier molecular flexibility index (Phi) is 6.23. The zero-order chi connectivity index (χ0) is 18.2. The Bertz CT molecular complexity index is 793. The maximum Gasteiger partial charge on any atom is 0.347 e. The zero-order valence-electron chi connectivity index (χ0n) is 13.3. The van der Waals surface area contributed by atoms with E-state index in [-0.39, 0.29) is 18.9 Å². The fraction of sp³-hybridized carbons (Fsp3) is 0.235. The van der Waals surface area contributed by atoms with E-state index in [1.54, 1.807) is 12.1 Å². The van der Waals surface area contributed by atoms with E-state index < -0.39 is 23.7 Å². The first-order valence-electron chi connectivity index (χ1n) is 7.38. The highest BCUT2D eigenvalue weighted by Gasteiger charge is 2.17. The lowest BCUT2D eigenvalue weighted by Crippen LogP contribution is -2.28. The first-order valence-corrected chi connectivity index (χ1v) is 7.38. The van der Waals surface area contributed by atoms with Crippen LogP contribution in [0.5, 0.6) is 5.75 Å². The normalized spacial score (nSPS) is 11.3. The number of nitrogens with zero attached hydrogens (tertiary/aromatic N) is 2. The van der Waals surface area contributed by atoms with Gasteiger partial charge in [0.15, 0.2) is 17.7 Å². The first kappa shape index (κ1) is 18.1. The molecule has 8 heteroatoms. The van der Waals surface area contributed by atoms with Crippen LogP contribution in [0.15, 0.2) is 36.5 Å². The van der Waals surface area contributed by atoms with Crippen LogP contribution in [0.3, 0.4) is 0 Å². The molecule has 1 atom stereocenters. The third-order valence-electron chi connectivity index (χ3n) is 3.10. The summed E-state index contributed by atoms with van der Waals surface area (Å²) in [7, 11) is 0. The van der Waals surface area contributed by atoms with Crippen molar-refractivity contribution in [1.29, 1.82) is 5.26 Å². The Balaban J connectivity index is 1.77. The Hall–Kier alpha value is -3.21. The molecule has 0 fully saturated rings. The number of benzene rings is 1. The number of carbonyl (C=O) groups excluding carboxylic acids is 1. The van der Waals surface area contributed by atoms with E-state index in [1.807, 2.05) is 6.07 Å². The molecule has 2 aromatic rings. The van der Waals surface area contributed by atoms with E-state index in [0.717, 1.165) is 12.1 Å². The van der Waals surface area contributed by atoms with Crippen molar-refractivity contribution in [3.05, 3.63) is 53.7 Å². The summed E-state index contributed by atoms with van der Waals surface area (Å²) in [5, 5.41) is 11.8. The Labute approximate surface area is 143 Å². The molecule has 0 bridgehead atoms. The molecular weight excluding hydrogens is 332 g/mol. The molecule has 6 nitrogen and oxygen atoms in total. The molecule has 1 N–H and O–H groups in total. The van der Waals surface area contributed by atoms with Gasteiger partial charge in [-0.05, 0) is 31.2 Å². The number of hydrogen-bond acceptors (Lipinski definition) is 6. The molecule has 0 saturated heterocycles. The summed E-state index contributed by atoms with van der Waals surface area (Å²) in [5.41, 5.74) is 0.379. The van der Waals surface area contributed by atoms with Crippen LogP contribution in [0.2, 0.25) is 0 Å². The maximum atomic E-state index is 13.1. The molecule has 0 radical (unpaired) electrons. The van der Waals surface area contributed by atoms with Crippen LogP contribution >= 0.6 is 0 Å². The minimum Gasteiger partial charge on any atom is -0.479 e. The number of halogens is 2. The van der Waals surface area contributed by atoms with Crippen molar-refractivity contribution in [2.45, 2.75) is 13.0 Å². The number of carbonyl (C=O) groups is 1. The second kappa shape index (κ2) is 8.59.